The molecular formula is C45H55N3. The van der Waals surface area contributed by atoms with Crippen LogP contribution in [0.1, 0.15) is 57.3 Å². The molecule has 0 radical (unpaired) electrons. The molecule has 0 bridgehead atoms. The lowest BCUT2D eigenvalue weighted by molar-refractivity contribution is 0.369. The summed E-state index contributed by atoms with van der Waals surface area (Å²) in [5, 5.41) is 3.64. The first-order chi connectivity index (χ1) is 23.3. The fourth-order valence-electron chi connectivity index (χ4n) is 6.47. The van der Waals surface area contributed by atoms with Crippen molar-refractivity contribution in [3.05, 3.63) is 179 Å². The Morgan fingerprint density at radius 3 is 1.90 bits per heavy atom. The van der Waals surface area contributed by atoms with Gasteiger partial charge in [0, 0.05) is 6.54 Å². The first kappa shape index (κ1) is 36.5. The number of benzene rings is 4. The van der Waals surface area contributed by atoms with Crippen molar-refractivity contribution in [3.63, 3.8) is 0 Å². The summed E-state index contributed by atoms with van der Waals surface area (Å²) in [6.45, 7) is 23.2. The number of nitrogens with zero attached hydrogens (tertiary/aromatic N) is 2. The number of rotatable bonds is 19. The van der Waals surface area contributed by atoms with Crippen molar-refractivity contribution < 1.29 is 0 Å². The van der Waals surface area contributed by atoms with Crippen LogP contribution in [-0.2, 0) is 24.7 Å². The molecule has 0 aliphatic heterocycles. The SMILES string of the molecule is C=CC(CN(C)CCCCc1ccc(CCNCCc2ccc(C)c(C)c2C)cc1)=NC(=C)C(C=C)(c1ccccc1)c1ccccc1. The minimum Gasteiger partial charge on any atom is -0.316 e. The molecule has 0 saturated carbocycles. The molecule has 3 nitrogen and oxygen atoms in total. The maximum Gasteiger partial charge on any atom is 0.0796 e. The van der Waals surface area contributed by atoms with Crippen LogP contribution in [0.25, 0.3) is 0 Å². The molecule has 0 aromatic heterocycles. The van der Waals surface area contributed by atoms with Crippen LogP contribution in [0.3, 0.4) is 0 Å². The Kier molecular flexibility index (Phi) is 13.9. The number of aryl methyl sites for hydroxylation is 2. The third-order valence-corrected chi connectivity index (χ3v) is 9.78. The highest BCUT2D eigenvalue weighted by Crippen LogP contribution is 2.40. The second-order valence-corrected chi connectivity index (χ2v) is 13.1. The molecule has 1 N–H and O–H groups in total. The van der Waals surface area contributed by atoms with E-state index in [-0.39, 0.29) is 0 Å². The highest BCUT2D eigenvalue weighted by Gasteiger charge is 2.34. The van der Waals surface area contributed by atoms with Crippen LogP contribution in [0.15, 0.2) is 140 Å². The molecule has 0 aliphatic carbocycles. The van der Waals surface area contributed by atoms with Gasteiger partial charge in [-0.15, -0.1) is 6.58 Å². The highest BCUT2D eigenvalue weighted by molar-refractivity contribution is 5.97. The molecule has 4 aromatic rings. The van der Waals surface area contributed by atoms with Crippen LogP contribution in [-0.4, -0.2) is 43.8 Å². The predicted molar refractivity (Wildman–Crippen MR) is 208 cm³/mol. The van der Waals surface area contributed by atoms with Gasteiger partial charge in [-0.05, 0) is 130 Å². The van der Waals surface area contributed by atoms with Gasteiger partial charge in [0.25, 0.3) is 0 Å². The van der Waals surface area contributed by atoms with E-state index in [9.17, 15) is 0 Å². The van der Waals surface area contributed by atoms with Gasteiger partial charge >= 0.3 is 0 Å². The normalized spacial score (nSPS) is 11.9. The smallest absolute Gasteiger partial charge is 0.0796 e. The zero-order valence-corrected chi connectivity index (χ0v) is 29.8. The maximum absolute atomic E-state index is 5.06. The molecule has 0 spiro atoms. The lowest BCUT2D eigenvalue weighted by Crippen LogP contribution is -2.29. The largest absolute Gasteiger partial charge is 0.316 e. The monoisotopic (exact) mass is 637 g/mol. The summed E-state index contributed by atoms with van der Waals surface area (Å²) >= 11 is 0. The average Bonchev–Trinajstić information content (AvgIpc) is 3.11. The van der Waals surface area contributed by atoms with Crippen molar-refractivity contribution in [2.45, 2.75) is 58.3 Å². The van der Waals surface area contributed by atoms with Crippen molar-refractivity contribution in [3.8, 4) is 0 Å². The Morgan fingerprint density at radius 1 is 0.729 bits per heavy atom. The Labute approximate surface area is 290 Å². The van der Waals surface area contributed by atoms with Crippen LogP contribution in [0.4, 0.5) is 0 Å². The topological polar surface area (TPSA) is 27.6 Å². The number of hydrogen-bond donors (Lipinski definition) is 1. The van der Waals surface area contributed by atoms with Gasteiger partial charge in [-0.3, -0.25) is 4.99 Å². The minimum absolute atomic E-state index is 0.623. The molecule has 4 rings (SSSR count). The van der Waals surface area contributed by atoms with E-state index in [4.69, 9.17) is 4.99 Å². The maximum atomic E-state index is 5.06. The summed E-state index contributed by atoms with van der Waals surface area (Å²) in [5.41, 5.74) is 11.7. The van der Waals surface area contributed by atoms with Crippen LogP contribution in [0.5, 0.6) is 0 Å². The van der Waals surface area contributed by atoms with Crippen molar-refractivity contribution >= 4 is 5.71 Å². The number of unbranched alkanes of at least 4 members (excludes halogenated alkanes) is 1. The Bertz CT molecular complexity index is 1610. The summed E-state index contributed by atoms with van der Waals surface area (Å²) in [4.78, 5) is 7.38. The van der Waals surface area contributed by atoms with Crippen LogP contribution < -0.4 is 5.32 Å². The molecule has 3 heteroatoms. The Hall–Kier alpha value is -4.31. The molecular weight excluding hydrogens is 583 g/mol. The Balaban J connectivity index is 1.21. The molecule has 48 heavy (non-hydrogen) atoms. The van der Waals surface area contributed by atoms with Crippen LogP contribution in [0.2, 0.25) is 0 Å². The van der Waals surface area contributed by atoms with Gasteiger partial charge in [0.2, 0.25) is 0 Å². The number of aliphatic imine (C=N–C) groups is 1. The highest BCUT2D eigenvalue weighted by atomic mass is 15.1. The third-order valence-electron chi connectivity index (χ3n) is 9.78. The van der Waals surface area contributed by atoms with Gasteiger partial charge in [0.1, 0.15) is 0 Å². The van der Waals surface area contributed by atoms with Gasteiger partial charge < -0.3 is 10.2 Å². The molecule has 4 aromatic carbocycles. The standard InChI is InChI=1S/C45H55N3/c1-8-44(47-38(6)45(9-2,42-19-12-10-13-20-42)43-21-14-11-15-22-43)34-48(7)33-17-16-18-39-24-26-40(27-25-39)29-31-46-32-30-41-28-23-35(3)36(4)37(41)5/h8-15,19-28,46H,1-2,6,16-18,29-34H2,3-5,7H3. The summed E-state index contributed by atoms with van der Waals surface area (Å²) in [7, 11) is 2.16. The van der Waals surface area contributed by atoms with Crippen molar-refractivity contribution in [2.24, 2.45) is 4.99 Å². The zero-order chi connectivity index (χ0) is 34.4. The van der Waals surface area contributed by atoms with Crippen molar-refractivity contribution in [1.82, 2.24) is 10.2 Å². The molecule has 0 atom stereocenters. The molecule has 0 aliphatic rings. The third kappa shape index (κ3) is 9.62. The van der Waals surface area contributed by atoms with Crippen LogP contribution in [0, 0.1) is 20.8 Å². The van der Waals surface area contributed by atoms with E-state index in [0.717, 1.165) is 74.3 Å². The van der Waals surface area contributed by atoms with Gasteiger partial charge in [0.15, 0.2) is 0 Å². The fraction of sp³-hybridized carbons (Fsp3) is 0.311. The van der Waals surface area contributed by atoms with E-state index in [1.807, 2.05) is 24.3 Å². The minimum atomic E-state index is -0.623. The quantitative estimate of drug-likeness (QED) is 0.0630. The summed E-state index contributed by atoms with van der Waals surface area (Å²) in [6, 6.07) is 34.5. The lowest BCUT2D eigenvalue weighted by atomic mass is 9.72. The second-order valence-electron chi connectivity index (χ2n) is 13.1. The van der Waals surface area contributed by atoms with Gasteiger partial charge in [0.05, 0.1) is 16.8 Å². The van der Waals surface area contributed by atoms with Gasteiger partial charge in [-0.1, -0.05) is 116 Å². The van der Waals surface area contributed by atoms with E-state index in [1.54, 1.807) is 0 Å². The van der Waals surface area contributed by atoms with Gasteiger partial charge in [-0.25, -0.2) is 0 Å². The van der Waals surface area contributed by atoms with E-state index >= 15 is 0 Å². The molecule has 0 saturated heterocycles. The fourth-order valence-corrected chi connectivity index (χ4v) is 6.47. The Morgan fingerprint density at radius 2 is 1.31 bits per heavy atom. The summed E-state index contributed by atoms with van der Waals surface area (Å²) in [5.74, 6) is 0. The average molecular weight is 638 g/mol. The molecule has 0 heterocycles. The zero-order valence-electron chi connectivity index (χ0n) is 29.8. The lowest BCUT2D eigenvalue weighted by Gasteiger charge is -2.32. The number of allylic oxidation sites excluding steroid dienone is 1. The van der Waals surface area contributed by atoms with Gasteiger partial charge in [-0.2, -0.15) is 0 Å². The first-order valence-corrected chi connectivity index (χ1v) is 17.4. The molecule has 250 valence electrons. The number of hydrogen-bond acceptors (Lipinski definition) is 3. The number of nitrogens with one attached hydrogen (secondary N) is 1. The summed E-state index contributed by atoms with van der Waals surface area (Å²) in [6.07, 6.45) is 9.33. The van der Waals surface area contributed by atoms with Crippen molar-refractivity contribution in [1.29, 1.82) is 0 Å². The first-order valence-electron chi connectivity index (χ1n) is 17.4. The summed E-state index contributed by atoms with van der Waals surface area (Å²) < 4.78 is 0. The van der Waals surface area contributed by atoms with E-state index in [1.165, 1.54) is 33.4 Å². The predicted octanol–water partition coefficient (Wildman–Crippen LogP) is 9.55. The van der Waals surface area contributed by atoms with E-state index < -0.39 is 5.41 Å². The van der Waals surface area contributed by atoms with E-state index in [0.29, 0.717) is 6.54 Å². The molecule has 0 fully saturated rings. The second kappa shape index (κ2) is 18.3. The van der Waals surface area contributed by atoms with E-state index in [2.05, 4.69) is 143 Å². The molecule has 0 amide bonds. The van der Waals surface area contributed by atoms with Crippen LogP contribution >= 0.6 is 0 Å². The molecule has 0 unspecified atom stereocenters. The van der Waals surface area contributed by atoms with Crippen molar-refractivity contribution in [2.75, 3.05) is 33.2 Å².